The molecule has 0 bridgehead atoms. The molecule has 6 nitrogen and oxygen atoms in total. The molecule has 0 aromatic rings. The number of aliphatic hydroxyl groups is 3. The molecule has 0 spiro atoms. The van der Waals surface area contributed by atoms with Crippen LogP contribution in [0.25, 0.3) is 0 Å². The zero-order valence-electron chi connectivity index (χ0n) is 6.80. The fourth-order valence-electron chi connectivity index (χ4n) is 0.444. The van der Waals surface area contributed by atoms with Crippen LogP contribution in [0.1, 0.15) is 6.92 Å². The monoisotopic (exact) mass is 179 g/mol. The number of rotatable bonds is 4. The third-order valence-corrected chi connectivity index (χ3v) is 1.16. The van der Waals surface area contributed by atoms with Gasteiger partial charge in [-0.2, -0.15) is 0 Å². The van der Waals surface area contributed by atoms with Gasteiger partial charge in [-0.05, 0) is 6.92 Å². The molecule has 0 aliphatic rings. The molecule has 1 atom stereocenters. The summed E-state index contributed by atoms with van der Waals surface area (Å²) < 4.78 is 4.56. The summed E-state index contributed by atoms with van der Waals surface area (Å²) >= 11 is 0. The smallest absolute Gasteiger partial charge is 0.413 e. The molecule has 0 heterocycles. The van der Waals surface area contributed by atoms with Gasteiger partial charge in [-0.15, -0.1) is 0 Å². The van der Waals surface area contributed by atoms with Crippen LogP contribution in [-0.4, -0.2) is 52.5 Å². The maximum atomic E-state index is 10.8. The van der Waals surface area contributed by atoms with E-state index in [-0.39, 0.29) is 6.61 Å². The van der Waals surface area contributed by atoms with Gasteiger partial charge in [-0.25, -0.2) is 4.79 Å². The van der Waals surface area contributed by atoms with E-state index in [1.165, 1.54) is 6.92 Å². The zero-order valence-corrected chi connectivity index (χ0v) is 6.80. The normalized spacial score (nSPS) is 12.3. The van der Waals surface area contributed by atoms with Crippen molar-refractivity contribution in [1.82, 2.24) is 4.90 Å². The van der Waals surface area contributed by atoms with Gasteiger partial charge < -0.3 is 20.1 Å². The maximum absolute atomic E-state index is 10.8. The van der Waals surface area contributed by atoms with Gasteiger partial charge in [0.05, 0.1) is 6.61 Å². The highest BCUT2D eigenvalue weighted by molar-refractivity contribution is 5.67. The van der Waals surface area contributed by atoms with Crippen molar-refractivity contribution < 1.29 is 24.9 Å². The van der Waals surface area contributed by atoms with E-state index in [0.29, 0.717) is 4.90 Å². The van der Waals surface area contributed by atoms with E-state index in [2.05, 4.69) is 4.74 Å². The van der Waals surface area contributed by atoms with Gasteiger partial charge in [-0.1, -0.05) is 0 Å². The second-order valence-corrected chi connectivity index (χ2v) is 2.20. The summed E-state index contributed by atoms with van der Waals surface area (Å²) in [7, 11) is 0. The van der Waals surface area contributed by atoms with Crippen LogP contribution in [0, 0.1) is 0 Å². The molecular formula is C6H13NO5. The predicted molar refractivity (Wildman–Crippen MR) is 39.0 cm³/mol. The molecular weight excluding hydrogens is 166 g/mol. The van der Waals surface area contributed by atoms with Crippen LogP contribution in [0.3, 0.4) is 0 Å². The summed E-state index contributed by atoms with van der Waals surface area (Å²) in [6.45, 7) is -0.0395. The van der Waals surface area contributed by atoms with Crippen molar-refractivity contribution in [3.05, 3.63) is 0 Å². The lowest BCUT2D eigenvalue weighted by atomic mass is 10.4. The minimum atomic E-state index is -0.860. The van der Waals surface area contributed by atoms with Gasteiger partial charge in [0.25, 0.3) is 0 Å². The van der Waals surface area contributed by atoms with E-state index < -0.39 is 25.7 Å². The molecule has 0 aliphatic heterocycles. The number of ether oxygens (including phenoxy) is 1. The molecule has 12 heavy (non-hydrogen) atoms. The van der Waals surface area contributed by atoms with Crippen molar-refractivity contribution in [2.45, 2.75) is 13.0 Å². The summed E-state index contributed by atoms with van der Waals surface area (Å²) in [4.78, 5) is 11.5. The standard InChI is InChI=1S/C6H13NO5/c1-5(2-8)12-6(11)7(3-9)4-10/h5,8-10H,2-4H2,1H3. The van der Waals surface area contributed by atoms with Crippen LogP contribution >= 0.6 is 0 Å². The molecule has 1 amide bonds. The first-order valence-corrected chi connectivity index (χ1v) is 3.43. The summed E-state index contributed by atoms with van der Waals surface area (Å²) in [5, 5.41) is 25.5. The average Bonchev–Trinajstić information content (AvgIpc) is 2.06. The quantitative estimate of drug-likeness (QED) is 0.467. The SMILES string of the molecule is CC(CO)OC(=O)N(CO)CO. The Morgan fingerprint density at radius 3 is 2.25 bits per heavy atom. The Kier molecular flexibility index (Phi) is 5.35. The zero-order chi connectivity index (χ0) is 9.56. The van der Waals surface area contributed by atoms with Gasteiger partial charge in [-0.3, -0.25) is 4.90 Å². The molecule has 6 heteroatoms. The van der Waals surface area contributed by atoms with Crippen LogP contribution in [0.15, 0.2) is 0 Å². The fourth-order valence-corrected chi connectivity index (χ4v) is 0.444. The molecule has 0 aromatic heterocycles. The van der Waals surface area contributed by atoms with Crippen LogP contribution < -0.4 is 0 Å². The Balaban J connectivity index is 3.84. The summed E-state index contributed by atoms with van der Waals surface area (Å²) in [5.74, 6) is 0. The molecule has 72 valence electrons. The van der Waals surface area contributed by atoms with Gasteiger partial charge in [0, 0.05) is 0 Å². The Morgan fingerprint density at radius 2 is 1.92 bits per heavy atom. The summed E-state index contributed by atoms with van der Waals surface area (Å²) in [6, 6.07) is 0. The number of hydrogen-bond acceptors (Lipinski definition) is 5. The average molecular weight is 179 g/mol. The van der Waals surface area contributed by atoms with Crippen molar-refractivity contribution in [2.75, 3.05) is 20.1 Å². The van der Waals surface area contributed by atoms with Gasteiger partial charge >= 0.3 is 6.09 Å². The van der Waals surface area contributed by atoms with Gasteiger partial charge in [0.1, 0.15) is 19.6 Å². The van der Waals surface area contributed by atoms with Crippen LogP contribution in [0.4, 0.5) is 4.79 Å². The van der Waals surface area contributed by atoms with Crippen LogP contribution in [0.2, 0.25) is 0 Å². The molecule has 0 aromatic carbocycles. The fraction of sp³-hybridized carbons (Fsp3) is 0.833. The van der Waals surface area contributed by atoms with E-state index in [9.17, 15) is 4.79 Å². The number of aliphatic hydroxyl groups excluding tert-OH is 3. The molecule has 0 saturated heterocycles. The van der Waals surface area contributed by atoms with E-state index in [1.807, 2.05) is 0 Å². The van der Waals surface area contributed by atoms with E-state index >= 15 is 0 Å². The van der Waals surface area contributed by atoms with Crippen molar-refractivity contribution >= 4 is 6.09 Å². The lowest BCUT2D eigenvalue weighted by Gasteiger charge is -2.18. The second-order valence-electron chi connectivity index (χ2n) is 2.20. The van der Waals surface area contributed by atoms with Crippen molar-refractivity contribution in [2.24, 2.45) is 0 Å². The van der Waals surface area contributed by atoms with E-state index in [1.54, 1.807) is 0 Å². The molecule has 0 radical (unpaired) electrons. The third-order valence-electron chi connectivity index (χ3n) is 1.16. The molecule has 0 saturated carbocycles. The number of carbonyl (C=O) groups is 1. The lowest BCUT2D eigenvalue weighted by Crippen LogP contribution is -2.35. The Labute approximate surface area is 70.0 Å². The molecule has 0 fully saturated rings. The number of hydrogen-bond donors (Lipinski definition) is 3. The van der Waals surface area contributed by atoms with Crippen LogP contribution in [-0.2, 0) is 4.74 Å². The minimum Gasteiger partial charge on any atom is -0.444 e. The highest BCUT2D eigenvalue weighted by Crippen LogP contribution is 1.96. The number of nitrogens with zero attached hydrogens (tertiary/aromatic N) is 1. The van der Waals surface area contributed by atoms with Crippen molar-refractivity contribution in [1.29, 1.82) is 0 Å². The van der Waals surface area contributed by atoms with Crippen molar-refractivity contribution in [3.63, 3.8) is 0 Å². The first kappa shape index (κ1) is 11.2. The lowest BCUT2D eigenvalue weighted by molar-refractivity contribution is -0.00649. The predicted octanol–water partition coefficient (Wildman–Crippen LogP) is -1.29. The molecule has 0 aliphatic carbocycles. The highest BCUT2D eigenvalue weighted by Gasteiger charge is 2.14. The number of carbonyl (C=O) groups excluding carboxylic acids is 1. The molecule has 3 N–H and O–H groups in total. The van der Waals surface area contributed by atoms with Gasteiger partial charge in [0.15, 0.2) is 0 Å². The van der Waals surface area contributed by atoms with Gasteiger partial charge in [0.2, 0.25) is 0 Å². The summed E-state index contributed by atoms with van der Waals surface area (Å²) in [6.07, 6.45) is -1.50. The van der Waals surface area contributed by atoms with Crippen molar-refractivity contribution in [3.8, 4) is 0 Å². The van der Waals surface area contributed by atoms with Crippen LogP contribution in [0.5, 0.6) is 0 Å². The largest absolute Gasteiger partial charge is 0.444 e. The second kappa shape index (κ2) is 5.76. The topological polar surface area (TPSA) is 90.2 Å². The highest BCUT2D eigenvalue weighted by atomic mass is 16.6. The molecule has 0 rings (SSSR count). The first-order chi connectivity index (χ1) is 5.65. The Hall–Kier alpha value is -0.850. The van der Waals surface area contributed by atoms with E-state index in [4.69, 9.17) is 15.3 Å². The first-order valence-electron chi connectivity index (χ1n) is 3.43. The Bertz CT molecular complexity index is 136. The minimum absolute atomic E-state index is 0.295. The summed E-state index contributed by atoms with van der Waals surface area (Å²) in [5.41, 5.74) is 0. The molecule has 1 unspecified atom stereocenters. The Morgan fingerprint density at radius 1 is 1.42 bits per heavy atom. The van der Waals surface area contributed by atoms with E-state index in [0.717, 1.165) is 0 Å². The third kappa shape index (κ3) is 3.51. The maximum Gasteiger partial charge on any atom is 0.413 e. The number of amides is 1.